The van der Waals surface area contributed by atoms with Crippen molar-refractivity contribution in [3.8, 4) is 0 Å². The van der Waals surface area contributed by atoms with Gasteiger partial charge in [-0.05, 0) is 60.0 Å². The van der Waals surface area contributed by atoms with Crippen LogP contribution in [0.2, 0.25) is 0 Å². The molecule has 1 rings (SSSR count). The number of hydrogen-bond acceptors (Lipinski definition) is 2. The van der Waals surface area contributed by atoms with Gasteiger partial charge in [-0.15, -0.1) is 0 Å². The van der Waals surface area contributed by atoms with Crippen LogP contribution in [-0.2, 0) is 9.47 Å². The largest absolute Gasteiger partial charge is 0.373 e. The average molecular weight is 226 g/mol. The average Bonchev–Trinajstić information content (AvgIpc) is 2.93. The second-order valence-corrected chi connectivity index (χ2v) is 6.05. The van der Waals surface area contributed by atoms with Crippen LogP contribution in [0.15, 0.2) is 11.1 Å². The van der Waals surface area contributed by atoms with E-state index in [0.717, 1.165) is 0 Å². The predicted octanol–water partition coefficient (Wildman–Crippen LogP) is 3.71. The van der Waals surface area contributed by atoms with Gasteiger partial charge in [0.25, 0.3) is 0 Å². The van der Waals surface area contributed by atoms with Crippen LogP contribution in [0.4, 0.5) is 0 Å². The van der Waals surface area contributed by atoms with Gasteiger partial charge in [0.1, 0.15) is 0 Å². The molecule has 0 aliphatic heterocycles. The Morgan fingerprint density at radius 1 is 1.00 bits per heavy atom. The van der Waals surface area contributed by atoms with Gasteiger partial charge in [-0.25, -0.2) is 0 Å². The first-order valence-electron chi connectivity index (χ1n) is 6.19. The van der Waals surface area contributed by atoms with E-state index in [9.17, 15) is 0 Å². The molecular weight excluding hydrogens is 200 g/mol. The smallest absolute Gasteiger partial charge is 0.0836 e. The van der Waals surface area contributed by atoms with E-state index < -0.39 is 0 Å². The Balaban J connectivity index is 2.29. The van der Waals surface area contributed by atoms with Crippen LogP contribution in [0, 0.1) is 0 Å². The van der Waals surface area contributed by atoms with Gasteiger partial charge in [0, 0.05) is 0 Å². The first kappa shape index (κ1) is 13.7. The van der Waals surface area contributed by atoms with E-state index in [0.29, 0.717) is 13.2 Å². The molecule has 16 heavy (non-hydrogen) atoms. The minimum Gasteiger partial charge on any atom is -0.373 e. The number of hydrogen-bond donors (Lipinski definition) is 0. The maximum Gasteiger partial charge on any atom is 0.0836 e. The lowest BCUT2D eigenvalue weighted by molar-refractivity contribution is -0.0663. The third-order valence-electron chi connectivity index (χ3n) is 3.01. The normalized spacial score (nSPS) is 16.5. The van der Waals surface area contributed by atoms with Crippen LogP contribution in [-0.4, -0.2) is 24.4 Å². The Bertz CT molecular complexity index is 263. The number of allylic oxidation sites excluding steroid dienone is 1. The van der Waals surface area contributed by atoms with E-state index in [1.54, 1.807) is 5.57 Å². The van der Waals surface area contributed by atoms with Gasteiger partial charge in [0.2, 0.25) is 0 Å². The van der Waals surface area contributed by atoms with Crippen molar-refractivity contribution in [1.29, 1.82) is 0 Å². The van der Waals surface area contributed by atoms with Crippen LogP contribution in [0.3, 0.4) is 0 Å². The summed E-state index contributed by atoms with van der Waals surface area (Å²) in [6.45, 7) is 14.0. The summed E-state index contributed by atoms with van der Waals surface area (Å²) in [6.07, 6.45) is 2.52. The summed E-state index contributed by atoms with van der Waals surface area (Å²) in [7, 11) is 0. The standard InChI is InChI=1S/C14H26O2/c1-11(12-7-8-12)14(5,6)16-10-9-15-13(2,3)4/h7-10H2,1-6H3. The van der Waals surface area contributed by atoms with Crippen LogP contribution in [0.1, 0.15) is 54.4 Å². The minimum absolute atomic E-state index is 0.0719. The topological polar surface area (TPSA) is 18.5 Å². The van der Waals surface area contributed by atoms with Crippen LogP contribution in [0.25, 0.3) is 0 Å². The Morgan fingerprint density at radius 2 is 1.50 bits per heavy atom. The van der Waals surface area contributed by atoms with Crippen molar-refractivity contribution in [1.82, 2.24) is 0 Å². The second kappa shape index (κ2) is 4.89. The molecule has 1 aliphatic rings. The van der Waals surface area contributed by atoms with Gasteiger partial charge in [-0.3, -0.25) is 0 Å². The van der Waals surface area contributed by atoms with E-state index in [1.165, 1.54) is 18.4 Å². The molecule has 0 spiro atoms. The molecule has 0 aromatic carbocycles. The summed E-state index contributed by atoms with van der Waals surface area (Å²) < 4.78 is 11.5. The molecule has 0 saturated heterocycles. The lowest BCUT2D eigenvalue weighted by Gasteiger charge is -2.28. The summed E-state index contributed by atoms with van der Waals surface area (Å²) in [6, 6.07) is 0. The van der Waals surface area contributed by atoms with Crippen molar-refractivity contribution in [2.24, 2.45) is 0 Å². The van der Waals surface area contributed by atoms with Crippen molar-refractivity contribution in [3.05, 3.63) is 11.1 Å². The van der Waals surface area contributed by atoms with Gasteiger partial charge in [-0.1, -0.05) is 5.57 Å². The van der Waals surface area contributed by atoms with Gasteiger partial charge in [-0.2, -0.15) is 0 Å². The molecule has 94 valence electrons. The third-order valence-corrected chi connectivity index (χ3v) is 3.01. The third kappa shape index (κ3) is 4.67. The zero-order valence-electron chi connectivity index (χ0n) is 11.6. The molecule has 0 bridgehead atoms. The van der Waals surface area contributed by atoms with E-state index in [-0.39, 0.29) is 11.2 Å². The molecule has 0 N–H and O–H groups in total. The molecule has 0 unspecified atom stereocenters. The zero-order valence-corrected chi connectivity index (χ0v) is 11.6. The molecule has 0 aromatic heterocycles. The summed E-state index contributed by atoms with van der Waals surface area (Å²) in [5.41, 5.74) is 2.77. The van der Waals surface area contributed by atoms with Gasteiger partial charge in [0.15, 0.2) is 0 Å². The minimum atomic E-state index is -0.132. The monoisotopic (exact) mass is 226 g/mol. The molecule has 0 aromatic rings. The summed E-state index contributed by atoms with van der Waals surface area (Å²) >= 11 is 0. The quantitative estimate of drug-likeness (QED) is 0.525. The first-order chi connectivity index (χ1) is 7.22. The molecule has 0 radical (unpaired) electrons. The first-order valence-corrected chi connectivity index (χ1v) is 6.19. The molecular formula is C14H26O2. The highest BCUT2D eigenvalue weighted by atomic mass is 16.5. The Kier molecular flexibility index (Phi) is 4.19. The van der Waals surface area contributed by atoms with Crippen LogP contribution >= 0.6 is 0 Å². The summed E-state index contributed by atoms with van der Waals surface area (Å²) in [5, 5.41) is 0. The molecule has 1 saturated carbocycles. The zero-order chi connectivity index (χ0) is 12.4. The highest BCUT2D eigenvalue weighted by Gasteiger charge is 2.27. The maximum absolute atomic E-state index is 5.91. The fourth-order valence-corrected chi connectivity index (χ4v) is 1.62. The highest BCUT2D eigenvalue weighted by molar-refractivity contribution is 5.29. The SMILES string of the molecule is CC(=C1CC1)C(C)(C)OCCOC(C)(C)C. The Hall–Kier alpha value is -0.340. The number of rotatable bonds is 5. The van der Waals surface area contributed by atoms with Gasteiger partial charge < -0.3 is 9.47 Å². The van der Waals surface area contributed by atoms with E-state index in [2.05, 4.69) is 41.5 Å². The lowest BCUT2D eigenvalue weighted by atomic mass is 9.98. The Labute approximate surface area is 100 Å². The van der Waals surface area contributed by atoms with E-state index >= 15 is 0 Å². The molecule has 2 nitrogen and oxygen atoms in total. The molecule has 1 aliphatic carbocycles. The molecule has 2 heteroatoms. The van der Waals surface area contributed by atoms with Crippen molar-refractivity contribution in [2.75, 3.05) is 13.2 Å². The van der Waals surface area contributed by atoms with E-state index in [1.807, 2.05) is 0 Å². The highest BCUT2D eigenvalue weighted by Crippen LogP contribution is 2.37. The lowest BCUT2D eigenvalue weighted by Crippen LogP contribution is -2.29. The van der Waals surface area contributed by atoms with Crippen LogP contribution in [0.5, 0.6) is 0 Å². The van der Waals surface area contributed by atoms with Crippen LogP contribution < -0.4 is 0 Å². The molecule has 0 heterocycles. The van der Waals surface area contributed by atoms with Crippen molar-refractivity contribution in [2.45, 2.75) is 65.6 Å². The summed E-state index contributed by atoms with van der Waals surface area (Å²) in [4.78, 5) is 0. The number of ether oxygens (including phenoxy) is 2. The maximum atomic E-state index is 5.91. The van der Waals surface area contributed by atoms with Gasteiger partial charge in [0.05, 0.1) is 24.4 Å². The van der Waals surface area contributed by atoms with Crippen molar-refractivity contribution < 1.29 is 9.47 Å². The van der Waals surface area contributed by atoms with Gasteiger partial charge >= 0.3 is 0 Å². The molecule has 1 fully saturated rings. The second-order valence-electron chi connectivity index (χ2n) is 6.05. The van der Waals surface area contributed by atoms with Crippen molar-refractivity contribution in [3.63, 3.8) is 0 Å². The van der Waals surface area contributed by atoms with Crippen molar-refractivity contribution >= 4 is 0 Å². The molecule has 0 atom stereocenters. The summed E-state index contributed by atoms with van der Waals surface area (Å²) in [5.74, 6) is 0. The fourth-order valence-electron chi connectivity index (χ4n) is 1.62. The Morgan fingerprint density at radius 3 is 1.94 bits per heavy atom. The van der Waals surface area contributed by atoms with E-state index in [4.69, 9.17) is 9.47 Å². The molecule has 0 amide bonds. The predicted molar refractivity (Wildman–Crippen MR) is 67.7 cm³/mol. The fraction of sp³-hybridized carbons (Fsp3) is 0.857.